The van der Waals surface area contributed by atoms with E-state index in [4.69, 9.17) is 0 Å². The van der Waals surface area contributed by atoms with Gasteiger partial charge in [0.25, 0.3) is 0 Å². The molecule has 23 heavy (non-hydrogen) atoms. The monoisotopic (exact) mass is 352 g/mol. The lowest BCUT2D eigenvalue weighted by Crippen LogP contribution is -2.42. The molecule has 1 aliphatic heterocycles. The maximum atomic E-state index is 12.4. The number of hydrogen-bond donors (Lipinski definition) is 2. The summed E-state index contributed by atoms with van der Waals surface area (Å²) >= 11 is 0. The maximum absolute atomic E-state index is 12.4. The molecule has 0 aromatic heterocycles. The Labute approximate surface area is 143 Å². The lowest BCUT2D eigenvalue weighted by atomic mass is 10.1. The zero-order valence-electron chi connectivity index (χ0n) is 12.7. The molecule has 2 N–H and O–H groups in total. The van der Waals surface area contributed by atoms with Gasteiger partial charge in [-0.3, -0.25) is 0 Å². The van der Waals surface area contributed by atoms with Gasteiger partial charge in [0.1, 0.15) is 0 Å². The van der Waals surface area contributed by atoms with Gasteiger partial charge in [-0.25, -0.2) is 13.1 Å². The molecule has 0 spiro atoms. The summed E-state index contributed by atoms with van der Waals surface area (Å²) in [6.07, 6.45) is 1.67. The van der Waals surface area contributed by atoms with Gasteiger partial charge in [-0.2, -0.15) is 0 Å². The summed E-state index contributed by atoms with van der Waals surface area (Å²) in [4.78, 5) is 0.325. The molecule has 0 radical (unpaired) electrons. The van der Waals surface area contributed by atoms with Crippen LogP contribution in [0, 0.1) is 0 Å². The Hall–Kier alpha value is -1.40. The van der Waals surface area contributed by atoms with Crippen molar-refractivity contribution >= 4 is 22.4 Å². The van der Waals surface area contributed by atoms with Crippen LogP contribution in [0.25, 0.3) is 11.1 Å². The summed E-state index contributed by atoms with van der Waals surface area (Å²) in [6, 6.07) is 17.0. The summed E-state index contributed by atoms with van der Waals surface area (Å²) in [5.74, 6) is 0. The minimum absolute atomic E-state index is 0. The first-order chi connectivity index (χ1) is 10.6. The van der Waals surface area contributed by atoms with Crippen molar-refractivity contribution in [2.45, 2.75) is 23.8 Å². The largest absolute Gasteiger partial charge is 0.317 e. The highest BCUT2D eigenvalue weighted by Crippen LogP contribution is 2.21. The standard InChI is InChI=1S/C17H20N2O2S.ClH/c20-22(21,19-16-10-12-18-13-11-16)17-8-6-15(7-9-17)14-4-2-1-3-5-14;/h1-9,16,18-19H,10-13H2;1H. The summed E-state index contributed by atoms with van der Waals surface area (Å²) in [7, 11) is -3.44. The van der Waals surface area contributed by atoms with Crippen molar-refractivity contribution in [2.75, 3.05) is 13.1 Å². The molecule has 0 bridgehead atoms. The molecule has 3 rings (SSSR count). The van der Waals surface area contributed by atoms with Crippen LogP contribution < -0.4 is 10.0 Å². The molecule has 6 heteroatoms. The van der Waals surface area contributed by atoms with Gasteiger partial charge in [0.05, 0.1) is 4.90 Å². The highest BCUT2D eigenvalue weighted by atomic mass is 35.5. The van der Waals surface area contributed by atoms with E-state index in [9.17, 15) is 8.42 Å². The predicted molar refractivity (Wildman–Crippen MR) is 95.3 cm³/mol. The second-order valence-electron chi connectivity index (χ2n) is 5.54. The summed E-state index contributed by atoms with van der Waals surface area (Å²) in [6.45, 7) is 1.72. The number of hydrogen-bond acceptors (Lipinski definition) is 3. The molecule has 4 nitrogen and oxygen atoms in total. The van der Waals surface area contributed by atoms with Crippen LogP contribution in [0.3, 0.4) is 0 Å². The number of nitrogens with one attached hydrogen (secondary N) is 2. The van der Waals surface area contributed by atoms with Crippen LogP contribution in [0.4, 0.5) is 0 Å². The smallest absolute Gasteiger partial charge is 0.240 e. The number of benzene rings is 2. The Morgan fingerprint density at radius 1 is 0.870 bits per heavy atom. The molecule has 2 aromatic carbocycles. The number of rotatable bonds is 4. The van der Waals surface area contributed by atoms with E-state index in [1.165, 1.54) is 0 Å². The fourth-order valence-corrected chi connectivity index (χ4v) is 3.99. The topological polar surface area (TPSA) is 58.2 Å². The molecule has 2 aromatic rings. The van der Waals surface area contributed by atoms with Crippen molar-refractivity contribution in [3.8, 4) is 11.1 Å². The van der Waals surface area contributed by atoms with E-state index in [0.29, 0.717) is 4.90 Å². The third-order valence-corrected chi connectivity index (χ3v) is 5.47. The minimum Gasteiger partial charge on any atom is -0.317 e. The molecule has 0 amide bonds. The van der Waals surface area contributed by atoms with Gasteiger partial charge in [0.15, 0.2) is 0 Å². The highest BCUT2D eigenvalue weighted by molar-refractivity contribution is 7.89. The zero-order chi connectivity index (χ0) is 15.4. The van der Waals surface area contributed by atoms with Crippen molar-refractivity contribution in [3.63, 3.8) is 0 Å². The lowest BCUT2D eigenvalue weighted by Gasteiger charge is -2.23. The van der Waals surface area contributed by atoms with Crippen LogP contribution in [0.2, 0.25) is 0 Å². The molecule has 0 saturated carbocycles. The van der Waals surface area contributed by atoms with Crippen LogP contribution in [0.15, 0.2) is 59.5 Å². The van der Waals surface area contributed by atoms with Gasteiger partial charge < -0.3 is 5.32 Å². The maximum Gasteiger partial charge on any atom is 0.240 e. The van der Waals surface area contributed by atoms with E-state index >= 15 is 0 Å². The lowest BCUT2D eigenvalue weighted by molar-refractivity contribution is 0.427. The summed E-state index contributed by atoms with van der Waals surface area (Å²) < 4.78 is 27.6. The first kappa shape index (κ1) is 17.9. The van der Waals surface area contributed by atoms with Gasteiger partial charge in [-0.05, 0) is 49.2 Å². The normalized spacial score (nSPS) is 15.8. The first-order valence-corrected chi connectivity index (χ1v) is 9.02. The SMILES string of the molecule is Cl.O=S(=O)(NC1CCNCC1)c1ccc(-c2ccccc2)cc1. The Balaban J connectivity index is 0.00000192. The molecular formula is C17H21ClN2O2S. The number of halogens is 1. The predicted octanol–water partition coefficient (Wildman–Crippen LogP) is 2.81. The third-order valence-electron chi connectivity index (χ3n) is 3.93. The van der Waals surface area contributed by atoms with Crippen molar-refractivity contribution in [1.82, 2.24) is 10.0 Å². The molecule has 1 fully saturated rings. The van der Waals surface area contributed by atoms with Gasteiger partial charge >= 0.3 is 0 Å². The van der Waals surface area contributed by atoms with Crippen LogP contribution in [-0.4, -0.2) is 27.5 Å². The second kappa shape index (κ2) is 7.93. The Kier molecular flexibility index (Phi) is 6.18. The van der Waals surface area contributed by atoms with Crippen molar-refractivity contribution in [1.29, 1.82) is 0 Å². The van der Waals surface area contributed by atoms with Crippen molar-refractivity contribution in [2.24, 2.45) is 0 Å². The molecule has 1 aliphatic rings. The van der Waals surface area contributed by atoms with Gasteiger partial charge in [0.2, 0.25) is 10.0 Å². The van der Waals surface area contributed by atoms with Crippen molar-refractivity contribution < 1.29 is 8.42 Å². The molecular weight excluding hydrogens is 332 g/mol. The van der Waals surface area contributed by atoms with Crippen LogP contribution in [0.1, 0.15) is 12.8 Å². The Morgan fingerprint density at radius 3 is 2.04 bits per heavy atom. The third kappa shape index (κ3) is 4.54. The number of sulfonamides is 1. The van der Waals surface area contributed by atoms with E-state index in [1.807, 2.05) is 42.5 Å². The van der Waals surface area contributed by atoms with Crippen molar-refractivity contribution in [3.05, 3.63) is 54.6 Å². The second-order valence-corrected chi connectivity index (χ2v) is 7.25. The van der Waals surface area contributed by atoms with E-state index in [0.717, 1.165) is 37.1 Å². The molecule has 0 atom stereocenters. The molecule has 1 saturated heterocycles. The van der Waals surface area contributed by atoms with Gasteiger partial charge in [-0.15, -0.1) is 12.4 Å². The van der Waals surface area contributed by atoms with Gasteiger partial charge in [-0.1, -0.05) is 42.5 Å². The highest BCUT2D eigenvalue weighted by Gasteiger charge is 2.21. The molecule has 0 aliphatic carbocycles. The van der Waals surface area contributed by atoms with Crippen LogP contribution in [-0.2, 0) is 10.0 Å². The molecule has 1 heterocycles. The Morgan fingerprint density at radius 2 is 1.43 bits per heavy atom. The quantitative estimate of drug-likeness (QED) is 0.889. The minimum atomic E-state index is -3.44. The van der Waals surface area contributed by atoms with E-state index < -0.39 is 10.0 Å². The molecule has 0 unspecified atom stereocenters. The Bertz CT molecular complexity index is 712. The van der Waals surface area contributed by atoms with E-state index in [2.05, 4.69) is 10.0 Å². The average Bonchev–Trinajstić information content (AvgIpc) is 2.56. The molecule has 124 valence electrons. The van der Waals surface area contributed by atoms with E-state index in [1.54, 1.807) is 12.1 Å². The van der Waals surface area contributed by atoms with E-state index in [-0.39, 0.29) is 18.4 Å². The fourth-order valence-electron chi connectivity index (χ4n) is 2.68. The van der Waals surface area contributed by atoms with Crippen LogP contribution in [0.5, 0.6) is 0 Å². The van der Waals surface area contributed by atoms with Gasteiger partial charge in [0, 0.05) is 6.04 Å². The number of piperidine rings is 1. The summed E-state index contributed by atoms with van der Waals surface area (Å²) in [5.41, 5.74) is 2.10. The average molecular weight is 353 g/mol. The zero-order valence-corrected chi connectivity index (χ0v) is 14.4. The fraction of sp³-hybridized carbons (Fsp3) is 0.294. The summed E-state index contributed by atoms with van der Waals surface area (Å²) in [5, 5.41) is 3.23. The first-order valence-electron chi connectivity index (χ1n) is 7.54. The van der Waals surface area contributed by atoms with Crippen LogP contribution >= 0.6 is 12.4 Å².